The average molecular weight is 536 g/mol. The molecule has 0 aromatic carbocycles. The molecule has 0 atom stereocenters. The second-order valence-corrected chi connectivity index (χ2v) is 13.1. The molecule has 8 nitrogen and oxygen atoms in total. The third-order valence-electron chi connectivity index (χ3n) is 10.4. The number of likely N-dealkylation sites (tertiary alicyclic amines) is 3. The Kier molecular flexibility index (Phi) is 8.81. The minimum Gasteiger partial charge on any atom is -0.348 e. The van der Waals surface area contributed by atoms with Crippen molar-refractivity contribution in [3.05, 3.63) is 30.5 Å². The van der Waals surface area contributed by atoms with E-state index in [1.54, 1.807) is 0 Å². The topological polar surface area (TPSA) is 71.1 Å². The first-order valence-corrected chi connectivity index (χ1v) is 15.8. The van der Waals surface area contributed by atoms with Gasteiger partial charge in [0, 0.05) is 62.9 Å². The number of carbonyl (C=O) groups is 1. The molecular weight excluding hydrogens is 486 g/mol. The van der Waals surface area contributed by atoms with Crippen molar-refractivity contribution in [1.29, 1.82) is 0 Å². The molecule has 1 N–H and O–H groups in total. The highest BCUT2D eigenvalue weighted by molar-refractivity contribution is 5.89. The standard InChI is InChI=1S/C31H49N7O/c39-30(38-20-12-31(25-38)10-18-37(19-11-31)28-6-2-1-3-7-28)24-35-16-8-26(9-17-35)21-36(22-27-5-4-13-32-27)23-29-33-14-15-34-29/h4,13-15,26,28H,1-3,5-12,16-25H2,(H,33,34). The molecule has 8 heteroatoms. The van der Waals surface area contributed by atoms with Crippen molar-refractivity contribution in [2.45, 2.75) is 83.2 Å². The smallest absolute Gasteiger partial charge is 0.236 e. The summed E-state index contributed by atoms with van der Waals surface area (Å²) in [6, 6.07) is 0.837. The highest BCUT2D eigenvalue weighted by atomic mass is 16.2. The minimum atomic E-state index is 0.367. The molecule has 3 saturated heterocycles. The molecule has 1 aromatic heterocycles. The summed E-state index contributed by atoms with van der Waals surface area (Å²) in [7, 11) is 0. The normalized spacial score (nSPS) is 25.3. The fourth-order valence-corrected chi connectivity index (χ4v) is 7.89. The Balaban J connectivity index is 0.930. The molecule has 5 aliphatic rings. The van der Waals surface area contributed by atoms with Crippen LogP contribution in [0.3, 0.4) is 0 Å². The van der Waals surface area contributed by atoms with Gasteiger partial charge in [-0.15, -0.1) is 0 Å². The van der Waals surface area contributed by atoms with E-state index in [1.165, 1.54) is 70.2 Å². The summed E-state index contributed by atoms with van der Waals surface area (Å²) in [6.45, 7) is 9.94. The van der Waals surface area contributed by atoms with E-state index in [0.29, 0.717) is 23.8 Å². The number of carbonyl (C=O) groups excluding carboxylic acids is 1. The molecule has 4 aliphatic heterocycles. The minimum absolute atomic E-state index is 0.367. The molecule has 4 fully saturated rings. The van der Waals surface area contributed by atoms with Crippen LogP contribution in [0.25, 0.3) is 0 Å². The number of allylic oxidation sites excluding steroid dienone is 1. The van der Waals surface area contributed by atoms with Gasteiger partial charge in [-0.25, -0.2) is 4.98 Å². The van der Waals surface area contributed by atoms with Gasteiger partial charge in [0.1, 0.15) is 5.82 Å². The Hall–Kier alpha value is -2.03. The molecule has 5 heterocycles. The zero-order chi connectivity index (χ0) is 26.5. The third-order valence-corrected chi connectivity index (χ3v) is 10.4. The summed E-state index contributed by atoms with van der Waals surface area (Å²) in [5, 5.41) is 0. The monoisotopic (exact) mass is 535 g/mol. The number of rotatable bonds is 9. The molecule has 6 rings (SSSR count). The fourth-order valence-electron chi connectivity index (χ4n) is 7.89. The lowest BCUT2D eigenvalue weighted by molar-refractivity contribution is -0.132. The quantitative estimate of drug-likeness (QED) is 0.519. The van der Waals surface area contributed by atoms with E-state index in [-0.39, 0.29) is 0 Å². The van der Waals surface area contributed by atoms with Crippen molar-refractivity contribution in [3.63, 3.8) is 0 Å². The number of aliphatic imine (C=N–C) groups is 1. The van der Waals surface area contributed by atoms with E-state index in [2.05, 4.69) is 40.6 Å². The number of H-pyrrole nitrogens is 1. The third kappa shape index (κ3) is 7.01. The van der Waals surface area contributed by atoms with Crippen LogP contribution < -0.4 is 0 Å². The molecule has 214 valence electrons. The first-order chi connectivity index (χ1) is 19.1. The lowest BCUT2D eigenvalue weighted by Crippen LogP contribution is -2.48. The van der Waals surface area contributed by atoms with Crippen LogP contribution in [-0.4, -0.2) is 106 Å². The van der Waals surface area contributed by atoms with Gasteiger partial charge in [-0.1, -0.05) is 25.3 Å². The van der Waals surface area contributed by atoms with Gasteiger partial charge in [0.2, 0.25) is 5.91 Å². The zero-order valence-electron chi connectivity index (χ0n) is 23.9. The van der Waals surface area contributed by atoms with E-state index in [4.69, 9.17) is 0 Å². The van der Waals surface area contributed by atoms with Crippen molar-refractivity contribution >= 4 is 11.6 Å². The number of nitrogens with one attached hydrogen (secondary N) is 1. The second kappa shape index (κ2) is 12.6. The predicted octanol–water partition coefficient (Wildman–Crippen LogP) is 3.93. The molecule has 1 aromatic rings. The Morgan fingerprint density at radius 2 is 1.79 bits per heavy atom. The first kappa shape index (κ1) is 27.2. The molecule has 1 amide bonds. The molecular formula is C31H49N7O. The Labute approximate surface area is 234 Å². The maximum atomic E-state index is 13.3. The van der Waals surface area contributed by atoms with E-state index >= 15 is 0 Å². The average Bonchev–Trinajstić information content (AvgIpc) is 3.75. The maximum absolute atomic E-state index is 13.3. The lowest BCUT2D eigenvalue weighted by atomic mass is 9.77. The molecule has 0 radical (unpaired) electrons. The van der Waals surface area contributed by atoms with Gasteiger partial charge in [-0.2, -0.15) is 0 Å². The number of aromatic amines is 1. The summed E-state index contributed by atoms with van der Waals surface area (Å²) in [5.74, 6) is 2.05. The van der Waals surface area contributed by atoms with Crippen LogP contribution in [0.1, 0.15) is 76.5 Å². The molecule has 0 bridgehead atoms. The highest BCUT2D eigenvalue weighted by Crippen LogP contribution is 2.41. The fraction of sp³-hybridized carbons (Fsp3) is 0.774. The van der Waals surface area contributed by atoms with Crippen LogP contribution in [-0.2, 0) is 11.3 Å². The maximum Gasteiger partial charge on any atom is 0.236 e. The number of nitrogens with zero attached hydrogens (tertiary/aromatic N) is 6. The van der Waals surface area contributed by atoms with Crippen molar-refractivity contribution < 1.29 is 4.79 Å². The largest absolute Gasteiger partial charge is 0.348 e. The number of piperidine rings is 2. The van der Waals surface area contributed by atoms with E-state index in [9.17, 15) is 4.79 Å². The summed E-state index contributed by atoms with van der Waals surface area (Å²) < 4.78 is 0. The van der Waals surface area contributed by atoms with Gasteiger partial charge >= 0.3 is 0 Å². The molecule has 39 heavy (non-hydrogen) atoms. The number of hydrogen-bond donors (Lipinski definition) is 1. The van der Waals surface area contributed by atoms with Gasteiger partial charge in [0.25, 0.3) is 0 Å². The van der Waals surface area contributed by atoms with Crippen molar-refractivity contribution in [1.82, 2.24) is 29.6 Å². The first-order valence-electron chi connectivity index (χ1n) is 15.8. The summed E-state index contributed by atoms with van der Waals surface area (Å²) in [6.07, 6.45) is 22.0. The molecule has 0 unspecified atom stereocenters. The molecule has 1 spiro atoms. The number of amides is 1. The van der Waals surface area contributed by atoms with Crippen LogP contribution in [0.2, 0.25) is 0 Å². The van der Waals surface area contributed by atoms with Crippen LogP contribution >= 0.6 is 0 Å². The predicted molar refractivity (Wildman–Crippen MR) is 156 cm³/mol. The highest BCUT2D eigenvalue weighted by Gasteiger charge is 2.43. The number of hydrogen-bond acceptors (Lipinski definition) is 6. The Bertz CT molecular complexity index is 983. The van der Waals surface area contributed by atoms with Crippen LogP contribution in [0, 0.1) is 11.3 Å². The van der Waals surface area contributed by atoms with Gasteiger partial charge in [-0.3, -0.25) is 19.6 Å². The van der Waals surface area contributed by atoms with Crippen LogP contribution in [0.5, 0.6) is 0 Å². The van der Waals surface area contributed by atoms with Crippen molar-refractivity contribution in [2.24, 2.45) is 16.3 Å². The van der Waals surface area contributed by atoms with E-state index < -0.39 is 0 Å². The van der Waals surface area contributed by atoms with Gasteiger partial charge in [0.15, 0.2) is 0 Å². The Morgan fingerprint density at radius 1 is 1.00 bits per heavy atom. The summed E-state index contributed by atoms with van der Waals surface area (Å²) in [5.41, 5.74) is 1.64. The number of imidazole rings is 1. The Morgan fingerprint density at radius 3 is 2.51 bits per heavy atom. The van der Waals surface area contributed by atoms with Gasteiger partial charge in [-0.05, 0) is 82.5 Å². The second-order valence-electron chi connectivity index (χ2n) is 13.1. The zero-order valence-corrected chi connectivity index (χ0v) is 23.9. The van der Waals surface area contributed by atoms with Crippen LogP contribution in [0.15, 0.2) is 29.7 Å². The molecule has 1 saturated carbocycles. The van der Waals surface area contributed by atoms with E-state index in [0.717, 1.165) is 76.9 Å². The van der Waals surface area contributed by atoms with Crippen LogP contribution in [0.4, 0.5) is 0 Å². The van der Waals surface area contributed by atoms with Gasteiger partial charge < -0.3 is 14.8 Å². The van der Waals surface area contributed by atoms with Gasteiger partial charge in [0.05, 0.1) is 13.1 Å². The SMILES string of the molecule is O=C(CN1CCC(CN(CC2=NC=CC2)Cc2ncc[nH]2)CC1)N1CCC2(CCN(C3CCCCC3)CC2)C1. The number of aromatic nitrogens is 2. The molecule has 1 aliphatic carbocycles. The summed E-state index contributed by atoms with van der Waals surface area (Å²) >= 11 is 0. The van der Waals surface area contributed by atoms with Crippen molar-refractivity contribution in [2.75, 3.05) is 58.9 Å². The summed E-state index contributed by atoms with van der Waals surface area (Å²) in [4.78, 5) is 35.5. The lowest BCUT2D eigenvalue weighted by Gasteiger charge is -2.43. The van der Waals surface area contributed by atoms with E-state index in [1.807, 2.05) is 18.6 Å². The van der Waals surface area contributed by atoms with Crippen molar-refractivity contribution in [3.8, 4) is 0 Å².